The van der Waals surface area contributed by atoms with E-state index in [0.717, 1.165) is 34.8 Å². The Hall–Kier alpha value is -1.49. The number of carbonyl (C=O) groups is 1. The number of rotatable bonds is 6. The first-order valence-electron chi connectivity index (χ1n) is 7.44. The van der Waals surface area contributed by atoms with Crippen LogP contribution in [0.2, 0.25) is 0 Å². The van der Waals surface area contributed by atoms with Crippen molar-refractivity contribution >= 4 is 32.8 Å². The topological polar surface area (TPSA) is 51.3 Å². The highest BCUT2D eigenvalue weighted by molar-refractivity contribution is 9.09. The lowest BCUT2D eigenvalue weighted by atomic mass is 10.1. The van der Waals surface area contributed by atoms with Crippen molar-refractivity contribution < 1.29 is 14.3 Å². The fourth-order valence-corrected chi connectivity index (χ4v) is 2.47. The Balaban J connectivity index is 2.16. The molecule has 1 N–H and O–H groups in total. The normalized spacial score (nSPS) is 11.6. The average Bonchev–Trinajstić information content (AvgIpc) is 2.85. The molecule has 0 spiro atoms. The van der Waals surface area contributed by atoms with Crippen LogP contribution in [-0.4, -0.2) is 28.5 Å². The van der Waals surface area contributed by atoms with Crippen LogP contribution in [0.5, 0.6) is 5.75 Å². The van der Waals surface area contributed by atoms with E-state index in [1.807, 2.05) is 39.0 Å². The predicted molar refractivity (Wildman–Crippen MR) is 92.0 cm³/mol. The zero-order chi connectivity index (χ0) is 16.2. The van der Waals surface area contributed by atoms with Gasteiger partial charge in [0, 0.05) is 22.4 Å². The fraction of sp³-hybridized carbons (Fsp3) is 0.471. The molecule has 4 nitrogen and oxygen atoms in total. The average molecular weight is 368 g/mol. The molecule has 22 heavy (non-hydrogen) atoms. The minimum atomic E-state index is -0.509. The second-order valence-electron chi connectivity index (χ2n) is 6.16. The van der Waals surface area contributed by atoms with Crippen molar-refractivity contribution in [3.8, 4) is 5.75 Å². The molecular formula is C17H22BrNO3. The molecule has 2 rings (SSSR count). The molecule has 0 amide bonds. The third kappa shape index (κ3) is 4.50. The van der Waals surface area contributed by atoms with Gasteiger partial charge >= 0.3 is 5.97 Å². The number of aromatic nitrogens is 1. The van der Waals surface area contributed by atoms with Crippen molar-refractivity contribution in [3.63, 3.8) is 0 Å². The Morgan fingerprint density at radius 2 is 2.05 bits per heavy atom. The van der Waals surface area contributed by atoms with Crippen molar-refractivity contribution in [3.05, 3.63) is 30.0 Å². The summed E-state index contributed by atoms with van der Waals surface area (Å²) >= 11 is 3.40. The van der Waals surface area contributed by atoms with Crippen LogP contribution in [0.25, 0.3) is 10.9 Å². The summed E-state index contributed by atoms with van der Waals surface area (Å²) in [6.07, 6.45) is 3.76. The van der Waals surface area contributed by atoms with Crippen molar-refractivity contribution in [2.75, 3.05) is 11.9 Å². The van der Waals surface area contributed by atoms with Crippen LogP contribution in [0, 0.1) is 0 Å². The lowest BCUT2D eigenvalue weighted by Gasteiger charge is -2.19. The number of aromatic amines is 1. The number of nitrogens with one attached hydrogen (secondary N) is 1. The number of unbranched alkanes of at least 4 members (excludes halogenated alkanes) is 1. The number of esters is 1. The summed E-state index contributed by atoms with van der Waals surface area (Å²) in [5, 5.41) is 1.81. The molecule has 1 aromatic carbocycles. The monoisotopic (exact) mass is 367 g/mol. The van der Waals surface area contributed by atoms with Crippen LogP contribution in [0.1, 0.15) is 44.0 Å². The third-order valence-corrected chi connectivity index (χ3v) is 3.63. The molecule has 0 fully saturated rings. The van der Waals surface area contributed by atoms with Gasteiger partial charge in [0.25, 0.3) is 0 Å². The number of benzene rings is 1. The Morgan fingerprint density at radius 1 is 1.27 bits per heavy atom. The van der Waals surface area contributed by atoms with Gasteiger partial charge in [0.1, 0.15) is 11.4 Å². The minimum absolute atomic E-state index is 0.324. The number of H-pyrrole nitrogens is 1. The van der Waals surface area contributed by atoms with Gasteiger partial charge in [-0.25, -0.2) is 4.79 Å². The summed E-state index contributed by atoms with van der Waals surface area (Å²) in [5.41, 5.74) is 0.925. The molecule has 0 unspecified atom stereocenters. The largest absolute Gasteiger partial charge is 0.494 e. The van der Waals surface area contributed by atoms with Gasteiger partial charge in [-0.15, -0.1) is 0 Å². The lowest BCUT2D eigenvalue weighted by molar-refractivity contribution is 0.00719. The highest BCUT2D eigenvalue weighted by atomic mass is 79.9. The third-order valence-electron chi connectivity index (χ3n) is 3.07. The maximum atomic E-state index is 12.3. The summed E-state index contributed by atoms with van der Waals surface area (Å²) in [6.45, 7) is 6.25. The van der Waals surface area contributed by atoms with Gasteiger partial charge in [0.05, 0.1) is 12.2 Å². The maximum Gasteiger partial charge on any atom is 0.340 e. The maximum absolute atomic E-state index is 12.3. The number of fused-ring (bicyclic) bond motifs is 1. The number of carbonyl (C=O) groups excluding carboxylic acids is 1. The molecular weight excluding hydrogens is 346 g/mol. The molecule has 5 heteroatoms. The standard InChI is InChI=1S/C17H22BrNO3/c1-17(2,3)22-16(20)14-11-19-15-7-6-12(10-13(14)15)21-9-5-4-8-18/h6-7,10-11,19H,4-5,8-9H2,1-3H3. The summed E-state index contributed by atoms with van der Waals surface area (Å²) in [4.78, 5) is 15.4. The molecule has 0 aliphatic rings. The van der Waals surface area contributed by atoms with E-state index in [4.69, 9.17) is 9.47 Å². The number of alkyl halides is 1. The van der Waals surface area contributed by atoms with Gasteiger partial charge in [0.2, 0.25) is 0 Å². The molecule has 0 saturated carbocycles. The first kappa shape index (κ1) is 16.9. The van der Waals surface area contributed by atoms with Crippen LogP contribution in [0.3, 0.4) is 0 Å². The number of hydrogen-bond donors (Lipinski definition) is 1. The summed E-state index contributed by atoms with van der Waals surface area (Å²) in [7, 11) is 0. The molecule has 1 heterocycles. The first-order chi connectivity index (χ1) is 10.4. The summed E-state index contributed by atoms with van der Waals surface area (Å²) in [5.74, 6) is 0.446. The molecule has 0 atom stereocenters. The fourth-order valence-electron chi connectivity index (χ4n) is 2.08. The number of hydrogen-bond acceptors (Lipinski definition) is 3. The Kier molecular flexibility index (Phi) is 5.51. The number of halogens is 1. The van der Waals surface area contributed by atoms with Gasteiger partial charge in [-0.05, 0) is 51.8 Å². The van der Waals surface area contributed by atoms with E-state index in [1.54, 1.807) is 6.20 Å². The van der Waals surface area contributed by atoms with Gasteiger partial charge in [0.15, 0.2) is 0 Å². The van der Waals surface area contributed by atoms with Crippen LogP contribution >= 0.6 is 15.9 Å². The van der Waals surface area contributed by atoms with Crippen molar-refractivity contribution in [1.29, 1.82) is 0 Å². The van der Waals surface area contributed by atoms with Crippen molar-refractivity contribution in [2.24, 2.45) is 0 Å². The van der Waals surface area contributed by atoms with Gasteiger partial charge in [-0.1, -0.05) is 15.9 Å². The Morgan fingerprint density at radius 3 is 2.73 bits per heavy atom. The van der Waals surface area contributed by atoms with Gasteiger partial charge in [-0.2, -0.15) is 0 Å². The van der Waals surface area contributed by atoms with Crippen molar-refractivity contribution in [2.45, 2.75) is 39.2 Å². The van der Waals surface area contributed by atoms with Crippen LogP contribution in [0.15, 0.2) is 24.4 Å². The van der Waals surface area contributed by atoms with Gasteiger partial charge < -0.3 is 14.5 Å². The first-order valence-corrected chi connectivity index (χ1v) is 8.56. The highest BCUT2D eigenvalue weighted by Crippen LogP contribution is 2.25. The van der Waals surface area contributed by atoms with Crippen LogP contribution < -0.4 is 4.74 Å². The molecule has 0 radical (unpaired) electrons. The summed E-state index contributed by atoms with van der Waals surface area (Å²) in [6, 6.07) is 5.72. The zero-order valence-corrected chi connectivity index (χ0v) is 14.8. The van der Waals surface area contributed by atoms with E-state index >= 15 is 0 Å². The second kappa shape index (κ2) is 7.18. The van der Waals surface area contributed by atoms with E-state index in [1.165, 1.54) is 0 Å². The second-order valence-corrected chi connectivity index (χ2v) is 6.95. The molecule has 0 aliphatic carbocycles. The quantitative estimate of drug-likeness (QED) is 0.458. The Labute approximate surface area is 139 Å². The SMILES string of the molecule is CC(C)(C)OC(=O)c1c[nH]c2ccc(OCCCCBr)cc12. The highest BCUT2D eigenvalue weighted by Gasteiger charge is 2.20. The molecule has 0 saturated heterocycles. The van der Waals surface area contributed by atoms with E-state index in [-0.39, 0.29) is 5.97 Å². The number of ether oxygens (including phenoxy) is 2. The van der Waals surface area contributed by atoms with E-state index in [2.05, 4.69) is 20.9 Å². The predicted octanol–water partition coefficient (Wildman–Crippen LogP) is 4.68. The molecule has 0 aliphatic heterocycles. The zero-order valence-electron chi connectivity index (χ0n) is 13.2. The minimum Gasteiger partial charge on any atom is -0.494 e. The molecule has 2 aromatic rings. The molecule has 0 bridgehead atoms. The molecule has 120 valence electrons. The van der Waals surface area contributed by atoms with Crippen LogP contribution in [-0.2, 0) is 4.74 Å². The smallest absolute Gasteiger partial charge is 0.340 e. The summed E-state index contributed by atoms with van der Waals surface area (Å²) < 4.78 is 11.2. The lowest BCUT2D eigenvalue weighted by Crippen LogP contribution is -2.23. The van der Waals surface area contributed by atoms with E-state index < -0.39 is 5.60 Å². The van der Waals surface area contributed by atoms with E-state index in [9.17, 15) is 4.79 Å². The Bertz CT molecular complexity index is 643. The van der Waals surface area contributed by atoms with Crippen LogP contribution in [0.4, 0.5) is 0 Å². The van der Waals surface area contributed by atoms with Gasteiger partial charge in [-0.3, -0.25) is 0 Å². The van der Waals surface area contributed by atoms with E-state index in [0.29, 0.717) is 12.2 Å². The van der Waals surface area contributed by atoms with Crippen molar-refractivity contribution in [1.82, 2.24) is 4.98 Å². The molecule has 1 aromatic heterocycles.